The van der Waals surface area contributed by atoms with Crippen LogP contribution < -0.4 is 5.32 Å². The van der Waals surface area contributed by atoms with Gasteiger partial charge in [-0.3, -0.25) is 4.79 Å². The Balaban J connectivity index is 1.67. The van der Waals surface area contributed by atoms with Gasteiger partial charge >= 0.3 is 0 Å². The molecule has 30 heavy (non-hydrogen) atoms. The van der Waals surface area contributed by atoms with E-state index < -0.39 is 15.7 Å². The van der Waals surface area contributed by atoms with Crippen LogP contribution in [-0.4, -0.2) is 35.8 Å². The number of carbonyl (C=O) groups excluding carboxylic acids is 1. The van der Waals surface area contributed by atoms with Crippen LogP contribution in [0.2, 0.25) is 5.02 Å². The van der Waals surface area contributed by atoms with Crippen molar-refractivity contribution in [2.24, 2.45) is 0 Å². The number of carbonyl (C=O) groups is 1. The van der Waals surface area contributed by atoms with Crippen molar-refractivity contribution in [3.8, 4) is 0 Å². The van der Waals surface area contributed by atoms with Gasteiger partial charge in [-0.05, 0) is 36.8 Å². The third-order valence-electron chi connectivity index (χ3n) is 4.69. The number of aromatic amines is 2. The van der Waals surface area contributed by atoms with E-state index in [1.165, 1.54) is 12.1 Å². The number of H-pyrrole nitrogens is 2. The topological polar surface area (TPSA) is 108 Å². The van der Waals surface area contributed by atoms with Crippen LogP contribution in [0.25, 0.3) is 10.9 Å². The monoisotopic (exact) mass is 442 g/mol. The van der Waals surface area contributed by atoms with Gasteiger partial charge in [0.2, 0.25) is 9.84 Å². The SMILES string of the molecule is O=C(NCCCc1ncc[nH]1)c1[nH]c2ccc(Cl)cc2c1S(=O)(=O)c1ccccc1. The Morgan fingerprint density at radius 3 is 2.67 bits per heavy atom. The standard InChI is InChI=1S/C21H19ClN4O3S/c22-14-8-9-17-16(13-14)20(30(28,29)15-5-2-1-3-6-15)19(26-17)21(27)25-10-4-7-18-23-11-12-24-18/h1-3,5-6,8-9,11-13,26H,4,7,10H2,(H,23,24)(H,25,27). The molecule has 0 aliphatic rings. The van der Waals surface area contributed by atoms with Crippen LogP contribution in [0.4, 0.5) is 0 Å². The van der Waals surface area contributed by atoms with Gasteiger partial charge in [0, 0.05) is 41.3 Å². The smallest absolute Gasteiger partial charge is 0.269 e. The van der Waals surface area contributed by atoms with Crippen molar-refractivity contribution >= 4 is 38.2 Å². The van der Waals surface area contributed by atoms with Crippen LogP contribution in [0.5, 0.6) is 0 Å². The van der Waals surface area contributed by atoms with E-state index in [-0.39, 0.29) is 15.5 Å². The molecule has 0 bridgehead atoms. The molecule has 3 N–H and O–H groups in total. The highest BCUT2D eigenvalue weighted by Crippen LogP contribution is 2.33. The third kappa shape index (κ3) is 3.96. The maximum atomic E-state index is 13.4. The number of nitrogens with zero attached hydrogens (tertiary/aromatic N) is 1. The number of aryl methyl sites for hydroxylation is 1. The maximum Gasteiger partial charge on any atom is 0.269 e. The van der Waals surface area contributed by atoms with Gasteiger partial charge < -0.3 is 15.3 Å². The van der Waals surface area contributed by atoms with Gasteiger partial charge in [0.15, 0.2) is 0 Å². The summed E-state index contributed by atoms with van der Waals surface area (Å²) in [7, 11) is -3.95. The summed E-state index contributed by atoms with van der Waals surface area (Å²) < 4.78 is 26.8. The highest BCUT2D eigenvalue weighted by Gasteiger charge is 2.29. The lowest BCUT2D eigenvalue weighted by Crippen LogP contribution is -2.26. The van der Waals surface area contributed by atoms with Gasteiger partial charge in [0.1, 0.15) is 16.4 Å². The van der Waals surface area contributed by atoms with Crippen molar-refractivity contribution in [1.82, 2.24) is 20.3 Å². The molecule has 2 heterocycles. The lowest BCUT2D eigenvalue weighted by molar-refractivity contribution is 0.0945. The summed E-state index contributed by atoms with van der Waals surface area (Å²) in [5.74, 6) is 0.341. The second kappa shape index (κ2) is 8.33. The quantitative estimate of drug-likeness (QED) is 0.379. The van der Waals surface area contributed by atoms with Crippen LogP contribution in [0, 0.1) is 0 Å². The van der Waals surface area contributed by atoms with E-state index in [2.05, 4.69) is 20.3 Å². The first-order chi connectivity index (χ1) is 14.5. The molecule has 0 aliphatic heterocycles. The molecule has 9 heteroatoms. The van der Waals surface area contributed by atoms with Crippen molar-refractivity contribution in [1.29, 1.82) is 0 Å². The highest BCUT2D eigenvalue weighted by atomic mass is 35.5. The summed E-state index contributed by atoms with van der Waals surface area (Å²) in [5, 5.41) is 3.56. The zero-order chi connectivity index (χ0) is 21.1. The first-order valence-corrected chi connectivity index (χ1v) is 11.2. The van der Waals surface area contributed by atoms with Gasteiger partial charge in [-0.2, -0.15) is 0 Å². The fraction of sp³-hybridized carbons (Fsp3) is 0.143. The Morgan fingerprint density at radius 2 is 1.93 bits per heavy atom. The molecule has 0 radical (unpaired) electrons. The average Bonchev–Trinajstić information content (AvgIpc) is 3.39. The van der Waals surface area contributed by atoms with Crippen LogP contribution in [-0.2, 0) is 16.3 Å². The first kappa shape index (κ1) is 20.2. The second-order valence-electron chi connectivity index (χ2n) is 6.73. The zero-order valence-electron chi connectivity index (χ0n) is 15.9. The minimum atomic E-state index is -3.95. The Morgan fingerprint density at radius 1 is 1.13 bits per heavy atom. The van der Waals surface area contributed by atoms with E-state index >= 15 is 0 Å². The van der Waals surface area contributed by atoms with Crippen molar-refractivity contribution in [3.05, 3.63) is 77.5 Å². The van der Waals surface area contributed by atoms with E-state index in [1.807, 2.05) is 0 Å². The molecule has 0 unspecified atom stereocenters. The molecule has 2 aromatic heterocycles. The maximum absolute atomic E-state index is 13.4. The fourth-order valence-electron chi connectivity index (χ4n) is 3.28. The number of benzene rings is 2. The number of nitrogens with one attached hydrogen (secondary N) is 3. The summed E-state index contributed by atoms with van der Waals surface area (Å²) in [4.78, 5) is 23.0. The Kier molecular flexibility index (Phi) is 5.61. The Bertz CT molecular complexity index is 1280. The predicted octanol–water partition coefficient (Wildman–Crippen LogP) is 3.74. The van der Waals surface area contributed by atoms with Crippen LogP contribution in [0.3, 0.4) is 0 Å². The predicted molar refractivity (Wildman–Crippen MR) is 114 cm³/mol. The summed E-state index contributed by atoms with van der Waals surface area (Å²) in [6, 6.07) is 12.9. The minimum Gasteiger partial charge on any atom is -0.351 e. The molecule has 154 valence electrons. The highest BCUT2D eigenvalue weighted by molar-refractivity contribution is 7.91. The molecule has 0 spiro atoms. The fourth-order valence-corrected chi connectivity index (χ4v) is 5.07. The first-order valence-electron chi connectivity index (χ1n) is 9.34. The molecule has 1 amide bonds. The molecule has 4 aromatic rings. The number of fused-ring (bicyclic) bond motifs is 1. The molecule has 0 aliphatic carbocycles. The van der Waals surface area contributed by atoms with Gasteiger partial charge in [-0.25, -0.2) is 13.4 Å². The third-order valence-corrected chi connectivity index (χ3v) is 6.78. The molecule has 7 nitrogen and oxygen atoms in total. The van der Waals surface area contributed by atoms with E-state index in [1.54, 1.807) is 48.8 Å². The van der Waals surface area contributed by atoms with Crippen LogP contribution in [0.1, 0.15) is 22.7 Å². The van der Waals surface area contributed by atoms with Gasteiger partial charge in [0.05, 0.1) is 4.90 Å². The van der Waals surface area contributed by atoms with Crippen LogP contribution >= 0.6 is 11.6 Å². The number of imidazole rings is 1. The molecule has 4 rings (SSSR count). The lowest BCUT2D eigenvalue weighted by Gasteiger charge is -2.08. The Labute approximate surface area is 178 Å². The van der Waals surface area contributed by atoms with Gasteiger partial charge in [-0.15, -0.1) is 0 Å². The number of halogens is 1. The molecule has 0 fully saturated rings. The molecular formula is C21H19ClN4O3S. The number of rotatable bonds is 7. The molecule has 0 atom stereocenters. The summed E-state index contributed by atoms with van der Waals surface area (Å²) in [6.45, 7) is 0.375. The molecule has 0 saturated carbocycles. The summed E-state index contributed by atoms with van der Waals surface area (Å²) in [6.07, 6.45) is 4.74. The zero-order valence-corrected chi connectivity index (χ0v) is 17.4. The summed E-state index contributed by atoms with van der Waals surface area (Å²) >= 11 is 6.11. The van der Waals surface area contributed by atoms with E-state index in [4.69, 9.17) is 11.6 Å². The van der Waals surface area contributed by atoms with Gasteiger partial charge in [-0.1, -0.05) is 29.8 Å². The number of aromatic nitrogens is 3. The van der Waals surface area contributed by atoms with Crippen molar-refractivity contribution in [2.45, 2.75) is 22.6 Å². The van der Waals surface area contributed by atoms with Crippen molar-refractivity contribution in [3.63, 3.8) is 0 Å². The molecule has 2 aromatic carbocycles. The lowest BCUT2D eigenvalue weighted by atomic mass is 10.2. The normalized spacial score (nSPS) is 11.6. The molecular weight excluding hydrogens is 424 g/mol. The van der Waals surface area contributed by atoms with E-state index in [0.29, 0.717) is 35.3 Å². The van der Waals surface area contributed by atoms with Crippen molar-refractivity contribution in [2.75, 3.05) is 6.54 Å². The molecule has 0 saturated heterocycles. The largest absolute Gasteiger partial charge is 0.351 e. The van der Waals surface area contributed by atoms with Crippen LogP contribution in [0.15, 0.2) is 70.7 Å². The van der Waals surface area contributed by atoms with E-state index in [0.717, 1.165) is 5.82 Å². The number of amides is 1. The number of hydrogen-bond donors (Lipinski definition) is 3. The van der Waals surface area contributed by atoms with Crippen molar-refractivity contribution < 1.29 is 13.2 Å². The van der Waals surface area contributed by atoms with E-state index in [9.17, 15) is 13.2 Å². The second-order valence-corrected chi connectivity index (χ2v) is 9.05. The number of hydrogen-bond acceptors (Lipinski definition) is 4. The Hall–Kier alpha value is -3.10. The van der Waals surface area contributed by atoms with Gasteiger partial charge in [0.25, 0.3) is 5.91 Å². The number of sulfone groups is 1. The minimum absolute atomic E-state index is 0.00545. The summed E-state index contributed by atoms with van der Waals surface area (Å²) in [5.41, 5.74) is 0.517. The average molecular weight is 443 g/mol.